The minimum absolute atomic E-state index is 0.0843. The van der Waals surface area contributed by atoms with E-state index in [9.17, 15) is 26.3 Å². The molecular weight excluding hydrogens is 406 g/mol. The number of aryl methyl sites for hydroxylation is 1. The Morgan fingerprint density at radius 1 is 0.667 bits per heavy atom. The molecule has 154 valence electrons. The van der Waals surface area contributed by atoms with Gasteiger partial charge in [-0.25, -0.2) is 0 Å². The first-order valence-corrected chi connectivity index (χ1v) is 8.92. The summed E-state index contributed by atoms with van der Waals surface area (Å²) < 4.78 is 85.2. The zero-order valence-corrected chi connectivity index (χ0v) is 15.5. The standard InChI is InChI=1S/C23H14F6O/c1-13-8-9-19-18(10-13)20(14-4-2-6-16(11-14)22(24,25)26)21(30-19)15-5-3-7-17(12-15)23(27,28)29/h2-12H,1H3. The van der Waals surface area contributed by atoms with Crippen molar-refractivity contribution in [1.82, 2.24) is 0 Å². The maximum atomic E-state index is 13.2. The minimum Gasteiger partial charge on any atom is -0.455 e. The van der Waals surface area contributed by atoms with Gasteiger partial charge in [-0.3, -0.25) is 0 Å². The summed E-state index contributed by atoms with van der Waals surface area (Å²) in [6.07, 6.45) is -9.11. The minimum atomic E-state index is -4.56. The number of alkyl halides is 6. The molecule has 1 nitrogen and oxygen atoms in total. The Hall–Kier alpha value is -3.22. The van der Waals surface area contributed by atoms with Crippen LogP contribution in [0.3, 0.4) is 0 Å². The Kier molecular flexibility index (Phi) is 4.64. The van der Waals surface area contributed by atoms with Gasteiger partial charge in [-0.05, 0) is 48.9 Å². The van der Waals surface area contributed by atoms with Crippen molar-refractivity contribution in [1.29, 1.82) is 0 Å². The third-order valence-electron chi connectivity index (χ3n) is 4.77. The van der Waals surface area contributed by atoms with E-state index in [2.05, 4.69) is 0 Å². The highest BCUT2D eigenvalue weighted by atomic mass is 19.4. The fourth-order valence-corrected chi connectivity index (χ4v) is 3.39. The molecule has 3 aromatic carbocycles. The second kappa shape index (κ2) is 6.93. The molecule has 0 spiro atoms. The lowest BCUT2D eigenvalue weighted by Crippen LogP contribution is -2.05. The lowest BCUT2D eigenvalue weighted by molar-refractivity contribution is -0.138. The van der Waals surface area contributed by atoms with Gasteiger partial charge in [0.1, 0.15) is 11.3 Å². The number of halogens is 6. The molecule has 0 unspecified atom stereocenters. The topological polar surface area (TPSA) is 13.1 Å². The van der Waals surface area contributed by atoms with Gasteiger partial charge in [0, 0.05) is 16.5 Å². The molecule has 1 aromatic heterocycles. The quantitative estimate of drug-likeness (QED) is 0.299. The molecule has 0 bridgehead atoms. The van der Waals surface area contributed by atoms with Crippen LogP contribution in [0.25, 0.3) is 33.4 Å². The van der Waals surface area contributed by atoms with Crippen molar-refractivity contribution in [2.45, 2.75) is 19.3 Å². The van der Waals surface area contributed by atoms with Crippen LogP contribution in [-0.2, 0) is 12.4 Å². The number of hydrogen-bond acceptors (Lipinski definition) is 1. The molecular formula is C23H14F6O. The Morgan fingerprint density at radius 3 is 1.83 bits per heavy atom. The summed E-state index contributed by atoms with van der Waals surface area (Å²) in [6, 6.07) is 14.4. The van der Waals surface area contributed by atoms with Crippen LogP contribution in [0.2, 0.25) is 0 Å². The third kappa shape index (κ3) is 3.67. The molecule has 0 saturated carbocycles. The van der Waals surface area contributed by atoms with Gasteiger partial charge in [-0.2, -0.15) is 26.3 Å². The van der Waals surface area contributed by atoms with E-state index in [1.807, 2.05) is 6.92 Å². The van der Waals surface area contributed by atoms with Gasteiger partial charge in [0.05, 0.1) is 11.1 Å². The molecule has 0 atom stereocenters. The predicted molar refractivity (Wildman–Crippen MR) is 102 cm³/mol. The average Bonchev–Trinajstić information content (AvgIpc) is 3.05. The normalized spacial score (nSPS) is 12.5. The van der Waals surface area contributed by atoms with Gasteiger partial charge < -0.3 is 4.42 Å². The number of rotatable bonds is 2. The SMILES string of the molecule is Cc1ccc2oc(-c3cccc(C(F)(F)F)c3)c(-c3cccc(C(F)(F)F)c3)c2c1. The van der Waals surface area contributed by atoms with Crippen LogP contribution in [0, 0.1) is 6.92 Å². The van der Waals surface area contributed by atoms with Crippen LogP contribution >= 0.6 is 0 Å². The fraction of sp³-hybridized carbons (Fsp3) is 0.130. The molecule has 0 amide bonds. The van der Waals surface area contributed by atoms with Crippen molar-refractivity contribution >= 4 is 11.0 Å². The van der Waals surface area contributed by atoms with E-state index < -0.39 is 23.5 Å². The Bertz CT molecular complexity index is 1230. The van der Waals surface area contributed by atoms with E-state index in [4.69, 9.17) is 4.42 Å². The van der Waals surface area contributed by atoms with E-state index in [1.165, 1.54) is 24.3 Å². The van der Waals surface area contributed by atoms with Gasteiger partial charge >= 0.3 is 12.4 Å². The van der Waals surface area contributed by atoms with Crippen molar-refractivity contribution in [3.05, 3.63) is 83.4 Å². The first kappa shape index (κ1) is 20.1. The Labute approximate surface area is 167 Å². The molecule has 4 aromatic rings. The molecule has 4 rings (SSSR count). The van der Waals surface area contributed by atoms with Crippen LogP contribution in [0.15, 0.2) is 71.1 Å². The maximum Gasteiger partial charge on any atom is 0.416 e. The molecule has 0 radical (unpaired) electrons. The largest absolute Gasteiger partial charge is 0.455 e. The lowest BCUT2D eigenvalue weighted by Gasteiger charge is -2.11. The molecule has 0 aliphatic rings. The first-order valence-electron chi connectivity index (χ1n) is 8.92. The van der Waals surface area contributed by atoms with Gasteiger partial charge in [-0.15, -0.1) is 0 Å². The monoisotopic (exact) mass is 420 g/mol. The van der Waals surface area contributed by atoms with Gasteiger partial charge in [0.25, 0.3) is 0 Å². The van der Waals surface area contributed by atoms with Crippen molar-refractivity contribution < 1.29 is 30.8 Å². The maximum absolute atomic E-state index is 13.2. The van der Waals surface area contributed by atoms with Crippen molar-refractivity contribution in [2.24, 2.45) is 0 Å². The second-order valence-electron chi connectivity index (χ2n) is 6.96. The number of fused-ring (bicyclic) bond motifs is 1. The summed E-state index contributed by atoms with van der Waals surface area (Å²) in [4.78, 5) is 0. The highest BCUT2D eigenvalue weighted by molar-refractivity contribution is 6.02. The summed E-state index contributed by atoms with van der Waals surface area (Å²) in [5.41, 5.74) is 0.156. The van der Waals surface area contributed by atoms with E-state index in [-0.39, 0.29) is 16.9 Å². The summed E-state index contributed by atoms with van der Waals surface area (Å²) in [5, 5.41) is 0.529. The predicted octanol–water partition coefficient (Wildman–Crippen LogP) is 8.11. The number of hydrogen-bond donors (Lipinski definition) is 0. The zero-order chi connectivity index (χ0) is 21.7. The van der Waals surface area contributed by atoms with Crippen molar-refractivity contribution in [3.63, 3.8) is 0 Å². The smallest absolute Gasteiger partial charge is 0.416 e. The van der Waals surface area contributed by atoms with Crippen molar-refractivity contribution in [2.75, 3.05) is 0 Å². The van der Waals surface area contributed by atoms with Crippen LogP contribution in [-0.4, -0.2) is 0 Å². The van der Waals surface area contributed by atoms with Crippen LogP contribution < -0.4 is 0 Å². The van der Waals surface area contributed by atoms with Gasteiger partial charge in [0.15, 0.2) is 0 Å². The van der Waals surface area contributed by atoms with Crippen LogP contribution in [0.1, 0.15) is 16.7 Å². The summed E-state index contributed by atoms with van der Waals surface area (Å²) in [5.74, 6) is 0.0843. The average molecular weight is 420 g/mol. The first-order chi connectivity index (χ1) is 14.0. The molecule has 30 heavy (non-hydrogen) atoms. The van der Waals surface area contributed by atoms with E-state index in [0.717, 1.165) is 29.8 Å². The molecule has 0 aliphatic heterocycles. The lowest BCUT2D eigenvalue weighted by atomic mass is 9.96. The van der Waals surface area contributed by atoms with Gasteiger partial charge in [-0.1, -0.05) is 35.9 Å². The molecule has 7 heteroatoms. The molecule has 0 N–H and O–H groups in total. The zero-order valence-electron chi connectivity index (χ0n) is 15.5. The summed E-state index contributed by atoms with van der Waals surface area (Å²) in [6.45, 7) is 1.81. The fourth-order valence-electron chi connectivity index (χ4n) is 3.39. The van der Waals surface area contributed by atoms with E-state index in [1.54, 1.807) is 18.2 Å². The highest BCUT2D eigenvalue weighted by Crippen LogP contribution is 2.43. The van der Waals surface area contributed by atoms with E-state index >= 15 is 0 Å². The van der Waals surface area contributed by atoms with Crippen LogP contribution in [0.4, 0.5) is 26.3 Å². The van der Waals surface area contributed by atoms with Crippen LogP contribution in [0.5, 0.6) is 0 Å². The molecule has 1 heterocycles. The number of furan rings is 1. The third-order valence-corrected chi connectivity index (χ3v) is 4.77. The molecule has 0 aliphatic carbocycles. The highest BCUT2D eigenvalue weighted by Gasteiger charge is 2.32. The summed E-state index contributed by atoms with van der Waals surface area (Å²) in [7, 11) is 0. The molecule has 0 fully saturated rings. The second-order valence-corrected chi connectivity index (χ2v) is 6.96. The van der Waals surface area contributed by atoms with Crippen molar-refractivity contribution in [3.8, 4) is 22.5 Å². The summed E-state index contributed by atoms with van der Waals surface area (Å²) >= 11 is 0. The Morgan fingerprint density at radius 2 is 1.23 bits per heavy atom. The van der Waals surface area contributed by atoms with E-state index in [0.29, 0.717) is 16.5 Å². The molecule has 0 saturated heterocycles. The van der Waals surface area contributed by atoms with Gasteiger partial charge in [0.2, 0.25) is 0 Å². The number of benzene rings is 3. The Balaban J connectivity index is 2.01.